The topological polar surface area (TPSA) is 59.4 Å². The van der Waals surface area contributed by atoms with Gasteiger partial charge in [-0.05, 0) is 17.9 Å². The summed E-state index contributed by atoms with van der Waals surface area (Å²) < 4.78 is 5.15. The van der Waals surface area contributed by atoms with Crippen LogP contribution in [0.15, 0.2) is 24.3 Å². The number of benzene rings is 1. The molecule has 0 spiro atoms. The normalized spacial score (nSPS) is 11.6. The first-order valence-corrected chi connectivity index (χ1v) is 7.96. The Balaban J connectivity index is 2.14. The van der Waals surface area contributed by atoms with Crippen LogP contribution in [0.25, 0.3) is 10.6 Å². The van der Waals surface area contributed by atoms with Crippen molar-refractivity contribution >= 4 is 17.3 Å². The fraction of sp³-hybridized carbons (Fsp3) is 0.412. The minimum absolute atomic E-state index is 0.132. The molecule has 2 aromatic rings. The van der Waals surface area contributed by atoms with E-state index in [0.717, 1.165) is 21.1 Å². The number of rotatable bonds is 5. The van der Waals surface area contributed by atoms with E-state index in [1.165, 1.54) is 5.56 Å². The second-order valence-electron chi connectivity index (χ2n) is 6.24. The maximum Gasteiger partial charge on any atom is 0.329 e. The predicted molar refractivity (Wildman–Crippen MR) is 88.3 cm³/mol. The van der Waals surface area contributed by atoms with E-state index >= 15 is 0 Å². The first-order valence-electron chi connectivity index (χ1n) is 7.14. The maximum absolute atomic E-state index is 10.5. The minimum Gasteiger partial charge on any atom is -0.480 e. The van der Waals surface area contributed by atoms with Gasteiger partial charge in [0.25, 0.3) is 0 Å². The molecule has 0 unspecified atom stereocenters. The minimum atomic E-state index is -0.958. The Kier molecular flexibility index (Phi) is 4.98. The van der Waals surface area contributed by atoms with Gasteiger partial charge in [-0.3, -0.25) is 0 Å². The van der Waals surface area contributed by atoms with Crippen molar-refractivity contribution in [3.05, 3.63) is 40.4 Å². The number of ether oxygens (including phenoxy) is 1. The molecule has 0 aliphatic rings. The predicted octanol–water partition coefficient (Wildman–Crippen LogP) is 4.02. The summed E-state index contributed by atoms with van der Waals surface area (Å²) in [5.41, 5.74) is 3.39. The highest BCUT2D eigenvalue weighted by molar-refractivity contribution is 7.15. The van der Waals surface area contributed by atoms with Gasteiger partial charge in [-0.15, -0.1) is 11.3 Å². The average molecular weight is 319 g/mol. The molecule has 0 aliphatic carbocycles. The lowest BCUT2D eigenvalue weighted by Gasteiger charge is -2.18. The highest BCUT2D eigenvalue weighted by Crippen LogP contribution is 2.30. The van der Waals surface area contributed by atoms with E-state index in [1.54, 1.807) is 11.3 Å². The second-order valence-corrected chi connectivity index (χ2v) is 7.33. The molecule has 1 aromatic carbocycles. The van der Waals surface area contributed by atoms with Gasteiger partial charge in [0.15, 0.2) is 0 Å². The van der Waals surface area contributed by atoms with Gasteiger partial charge in [-0.1, -0.05) is 45.0 Å². The van der Waals surface area contributed by atoms with Gasteiger partial charge in [0.2, 0.25) is 0 Å². The molecule has 1 heterocycles. The number of aryl methyl sites for hydroxylation is 1. The summed E-state index contributed by atoms with van der Waals surface area (Å²) in [6.45, 7) is 8.49. The van der Waals surface area contributed by atoms with Gasteiger partial charge in [0.1, 0.15) is 11.6 Å². The standard InChI is InChI=1S/C17H21NO3S/c1-11-14(9-21-10-15(19)20)22-16(18-11)12-5-7-13(8-6-12)17(2,3)4/h5-8H,9-10H2,1-4H3,(H,19,20). The van der Waals surface area contributed by atoms with Crippen LogP contribution in [-0.2, 0) is 21.6 Å². The lowest BCUT2D eigenvalue weighted by Crippen LogP contribution is -2.10. The number of hydrogen-bond donors (Lipinski definition) is 1. The quantitative estimate of drug-likeness (QED) is 0.904. The first kappa shape index (κ1) is 16.6. The van der Waals surface area contributed by atoms with Crippen LogP contribution >= 0.6 is 11.3 Å². The molecule has 22 heavy (non-hydrogen) atoms. The van der Waals surface area contributed by atoms with E-state index < -0.39 is 5.97 Å². The molecule has 0 fully saturated rings. The number of nitrogens with zero attached hydrogens (tertiary/aromatic N) is 1. The van der Waals surface area contributed by atoms with Gasteiger partial charge in [-0.2, -0.15) is 0 Å². The Morgan fingerprint density at radius 1 is 1.27 bits per heavy atom. The van der Waals surface area contributed by atoms with E-state index in [4.69, 9.17) is 9.84 Å². The molecule has 0 bridgehead atoms. The smallest absolute Gasteiger partial charge is 0.329 e. The van der Waals surface area contributed by atoms with Crippen molar-refractivity contribution < 1.29 is 14.6 Å². The fourth-order valence-corrected chi connectivity index (χ4v) is 3.03. The molecule has 0 amide bonds. The number of carboxylic acids is 1. The van der Waals surface area contributed by atoms with Crippen LogP contribution in [0.5, 0.6) is 0 Å². The van der Waals surface area contributed by atoms with Crippen LogP contribution in [-0.4, -0.2) is 22.7 Å². The third-order valence-corrected chi connectivity index (χ3v) is 4.53. The second kappa shape index (κ2) is 6.58. The van der Waals surface area contributed by atoms with Crippen LogP contribution in [0.1, 0.15) is 36.9 Å². The molecule has 0 atom stereocenters. The van der Waals surface area contributed by atoms with Gasteiger partial charge in [-0.25, -0.2) is 9.78 Å². The molecular weight excluding hydrogens is 298 g/mol. The van der Waals surface area contributed by atoms with Crippen molar-refractivity contribution in [1.82, 2.24) is 4.98 Å². The summed E-state index contributed by atoms with van der Waals surface area (Å²) in [4.78, 5) is 16.0. The number of aromatic nitrogens is 1. The Labute approximate surface area is 134 Å². The van der Waals surface area contributed by atoms with Crippen molar-refractivity contribution in [2.75, 3.05) is 6.61 Å². The van der Waals surface area contributed by atoms with Crippen LogP contribution in [0.4, 0.5) is 0 Å². The molecule has 0 radical (unpaired) electrons. The van der Waals surface area contributed by atoms with Crippen LogP contribution in [0.3, 0.4) is 0 Å². The number of thiazole rings is 1. The van der Waals surface area contributed by atoms with Crippen molar-refractivity contribution in [2.24, 2.45) is 0 Å². The number of carboxylic acid groups (broad SMARTS) is 1. The van der Waals surface area contributed by atoms with Gasteiger partial charge >= 0.3 is 5.97 Å². The Morgan fingerprint density at radius 2 is 1.91 bits per heavy atom. The van der Waals surface area contributed by atoms with E-state index in [0.29, 0.717) is 0 Å². The third-order valence-electron chi connectivity index (χ3n) is 3.35. The van der Waals surface area contributed by atoms with Crippen molar-refractivity contribution in [1.29, 1.82) is 0 Å². The Bertz CT molecular complexity index is 654. The van der Waals surface area contributed by atoms with Crippen molar-refractivity contribution in [3.63, 3.8) is 0 Å². The third kappa shape index (κ3) is 4.15. The van der Waals surface area contributed by atoms with E-state index in [-0.39, 0.29) is 18.6 Å². The van der Waals surface area contributed by atoms with Crippen molar-refractivity contribution in [2.45, 2.75) is 39.7 Å². The summed E-state index contributed by atoms with van der Waals surface area (Å²) in [5.74, 6) is -0.958. The molecule has 0 saturated carbocycles. The Morgan fingerprint density at radius 3 is 2.45 bits per heavy atom. The summed E-state index contributed by atoms with van der Waals surface area (Å²) in [6, 6.07) is 8.43. The van der Waals surface area contributed by atoms with Gasteiger partial charge in [0, 0.05) is 5.56 Å². The molecule has 5 heteroatoms. The zero-order valence-corrected chi connectivity index (χ0v) is 14.2. The van der Waals surface area contributed by atoms with E-state index in [2.05, 4.69) is 50.0 Å². The molecule has 1 aromatic heterocycles. The molecule has 1 N–H and O–H groups in total. The lowest BCUT2D eigenvalue weighted by molar-refractivity contribution is -0.142. The van der Waals surface area contributed by atoms with E-state index in [1.807, 2.05) is 6.92 Å². The Hall–Kier alpha value is -1.72. The fourth-order valence-electron chi connectivity index (χ4n) is 2.03. The molecule has 118 valence electrons. The maximum atomic E-state index is 10.5. The van der Waals surface area contributed by atoms with Crippen LogP contribution in [0, 0.1) is 6.92 Å². The monoisotopic (exact) mass is 319 g/mol. The average Bonchev–Trinajstić information content (AvgIpc) is 2.79. The molecule has 2 rings (SSSR count). The molecule has 0 saturated heterocycles. The van der Waals surface area contributed by atoms with Gasteiger partial charge in [0.05, 0.1) is 17.2 Å². The summed E-state index contributed by atoms with van der Waals surface area (Å²) >= 11 is 1.55. The van der Waals surface area contributed by atoms with Crippen molar-refractivity contribution in [3.8, 4) is 10.6 Å². The zero-order valence-electron chi connectivity index (χ0n) is 13.3. The summed E-state index contributed by atoms with van der Waals surface area (Å²) in [7, 11) is 0. The first-order chi connectivity index (χ1) is 10.3. The van der Waals surface area contributed by atoms with E-state index in [9.17, 15) is 4.79 Å². The van der Waals surface area contributed by atoms with Gasteiger partial charge < -0.3 is 9.84 Å². The zero-order chi connectivity index (χ0) is 16.3. The highest BCUT2D eigenvalue weighted by Gasteiger charge is 2.14. The number of hydrogen-bond acceptors (Lipinski definition) is 4. The molecule has 4 nitrogen and oxygen atoms in total. The highest BCUT2D eigenvalue weighted by atomic mass is 32.1. The number of carbonyl (C=O) groups is 1. The summed E-state index contributed by atoms with van der Waals surface area (Å²) in [6.07, 6.45) is 0. The largest absolute Gasteiger partial charge is 0.480 e. The lowest BCUT2D eigenvalue weighted by atomic mass is 9.87. The molecule has 0 aliphatic heterocycles. The van der Waals surface area contributed by atoms with Crippen LogP contribution < -0.4 is 0 Å². The number of aliphatic carboxylic acids is 1. The summed E-state index contributed by atoms with van der Waals surface area (Å²) in [5, 5.41) is 9.54. The van der Waals surface area contributed by atoms with Crippen LogP contribution in [0.2, 0.25) is 0 Å². The SMILES string of the molecule is Cc1nc(-c2ccc(C(C)(C)C)cc2)sc1COCC(=O)O. The molecular formula is C17H21NO3S.